The molecule has 0 unspecified atom stereocenters. The predicted molar refractivity (Wildman–Crippen MR) is 54.1 cm³/mol. The third-order valence-electron chi connectivity index (χ3n) is 1.91. The van der Waals surface area contributed by atoms with Gasteiger partial charge < -0.3 is 4.90 Å². The lowest BCUT2D eigenvalue weighted by atomic mass is 10.1. The zero-order chi connectivity index (χ0) is 10.7. The van der Waals surface area contributed by atoms with Crippen molar-refractivity contribution < 1.29 is 4.79 Å². The van der Waals surface area contributed by atoms with Crippen molar-refractivity contribution in [2.24, 2.45) is 0 Å². The summed E-state index contributed by atoms with van der Waals surface area (Å²) >= 11 is 0. The van der Waals surface area contributed by atoms with Crippen LogP contribution in [-0.4, -0.2) is 34.9 Å². The van der Waals surface area contributed by atoms with Gasteiger partial charge in [0.05, 0.1) is 0 Å². The van der Waals surface area contributed by atoms with Crippen LogP contribution in [0.2, 0.25) is 0 Å². The SMILES string of the molecule is CC(C)c1cc(C(=O)N(C)C)ncn1. The van der Waals surface area contributed by atoms with Gasteiger partial charge in [-0.15, -0.1) is 0 Å². The summed E-state index contributed by atoms with van der Waals surface area (Å²) in [6.45, 7) is 4.07. The van der Waals surface area contributed by atoms with Gasteiger partial charge in [-0.2, -0.15) is 0 Å². The summed E-state index contributed by atoms with van der Waals surface area (Å²) in [5.41, 5.74) is 1.35. The molecule has 1 aromatic heterocycles. The molecule has 0 atom stereocenters. The van der Waals surface area contributed by atoms with Gasteiger partial charge in [0.1, 0.15) is 12.0 Å². The van der Waals surface area contributed by atoms with Crippen LogP contribution in [0.1, 0.15) is 35.9 Å². The third-order valence-corrected chi connectivity index (χ3v) is 1.91. The highest BCUT2D eigenvalue weighted by atomic mass is 16.2. The first-order valence-electron chi connectivity index (χ1n) is 4.56. The van der Waals surface area contributed by atoms with Crippen LogP contribution in [0.4, 0.5) is 0 Å². The number of nitrogens with zero attached hydrogens (tertiary/aromatic N) is 3. The molecule has 0 aromatic carbocycles. The summed E-state index contributed by atoms with van der Waals surface area (Å²) in [5, 5.41) is 0. The minimum atomic E-state index is -0.0886. The lowest BCUT2D eigenvalue weighted by molar-refractivity contribution is 0.0821. The Morgan fingerprint density at radius 2 is 2.00 bits per heavy atom. The molecule has 0 aliphatic heterocycles. The zero-order valence-electron chi connectivity index (χ0n) is 8.98. The Morgan fingerprint density at radius 1 is 1.36 bits per heavy atom. The average Bonchev–Trinajstić information content (AvgIpc) is 2.16. The summed E-state index contributed by atoms with van der Waals surface area (Å²) in [6.07, 6.45) is 1.44. The first-order valence-corrected chi connectivity index (χ1v) is 4.56. The molecule has 4 heteroatoms. The normalized spacial score (nSPS) is 10.4. The smallest absolute Gasteiger partial charge is 0.272 e. The molecule has 1 heterocycles. The van der Waals surface area contributed by atoms with E-state index in [1.807, 2.05) is 13.8 Å². The Bertz CT molecular complexity index is 334. The number of hydrogen-bond acceptors (Lipinski definition) is 3. The zero-order valence-corrected chi connectivity index (χ0v) is 8.98. The summed E-state index contributed by atoms with van der Waals surface area (Å²) in [7, 11) is 3.42. The van der Waals surface area contributed by atoms with Crippen molar-refractivity contribution in [2.75, 3.05) is 14.1 Å². The summed E-state index contributed by atoms with van der Waals surface area (Å²) in [4.78, 5) is 21.1. The first-order chi connectivity index (χ1) is 6.52. The lowest BCUT2D eigenvalue weighted by Crippen LogP contribution is -2.23. The first kappa shape index (κ1) is 10.6. The maximum absolute atomic E-state index is 11.6. The van der Waals surface area contributed by atoms with Crippen LogP contribution in [0, 0.1) is 0 Å². The highest BCUT2D eigenvalue weighted by Crippen LogP contribution is 2.11. The van der Waals surface area contributed by atoms with E-state index >= 15 is 0 Å². The van der Waals surface area contributed by atoms with E-state index in [2.05, 4.69) is 9.97 Å². The maximum atomic E-state index is 11.6. The number of amides is 1. The molecule has 0 aliphatic rings. The van der Waals surface area contributed by atoms with Crippen molar-refractivity contribution >= 4 is 5.91 Å². The number of rotatable bonds is 2. The summed E-state index contributed by atoms with van der Waals surface area (Å²) < 4.78 is 0. The number of aromatic nitrogens is 2. The molecular formula is C10H15N3O. The Balaban J connectivity index is 3.00. The molecule has 0 radical (unpaired) electrons. The van der Waals surface area contributed by atoms with Gasteiger partial charge in [-0.1, -0.05) is 13.8 Å². The van der Waals surface area contributed by atoms with E-state index in [1.165, 1.54) is 11.2 Å². The van der Waals surface area contributed by atoms with Gasteiger partial charge in [0, 0.05) is 19.8 Å². The molecule has 0 saturated heterocycles. The summed E-state index contributed by atoms with van der Waals surface area (Å²) in [5.74, 6) is 0.223. The fraction of sp³-hybridized carbons (Fsp3) is 0.500. The Hall–Kier alpha value is -1.45. The van der Waals surface area contributed by atoms with Crippen LogP contribution in [-0.2, 0) is 0 Å². The van der Waals surface area contributed by atoms with Crippen LogP contribution in [0.3, 0.4) is 0 Å². The van der Waals surface area contributed by atoms with Crippen molar-refractivity contribution in [1.82, 2.24) is 14.9 Å². The minimum Gasteiger partial charge on any atom is -0.343 e. The van der Waals surface area contributed by atoms with Gasteiger partial charge in [-0.25, -0.2) is 9.97 Å². The Morgan fingerprint density at radius 3 is 2.50 bits per heavy atom. The van der Waals surface area contributed by atoms with Gasteiger partial charge in [0.15, 0.2) is 0 Å². The molecule has 0 N–H and O–H groups in total. The van der Waals surface area contributed by atoms with Crippen molar-refractivity contribution in [1.29, 1.82) is 0 Å². The molecule has 0 fully saturated rings. The van der Waals surface area contributed by atoms with Gasteiger partial charge >= 0.3 is 0 Å². The van der Waals surface area contributed by atoms with Crippen LogP contribution in [0.25, 0.3) is 0 Å². The van der Waals surface area contributed by atoms with E-state index in [0.717, 1.165) is 5.69 Å². The molecule has 76 valence electrons. The largest absolute Gasteiger partial charge is 0.343 e. The molecule has 1 rings (SSSR count). The van der Waals surface area contributed by atoms with Crippen LogP contribution >= 0.6 is 0 Å². The lowest BCUT2D eigenvalue weighted by Gasteiger charge is -2.10. The highest BCUT2D eigenvalue weighted by Gasteiger charge is 2.11. The second kappa shape index (κ2) is 4.17. The van der Waals surface area contributed by atoms with Gasteiger partial charge in [0.25, 0.3) is 5.91 Å². The van der Waals surface area contributed by atoms with Gasteiger partial charge in [-0.05, 0) is 12.0 Å². The van der Waals surface area contributed by atoms with E-state index in [-0.39, 0.29) is 5.91 Å². The topological polar surface area (TPSA) is 46.1 Å². The number of hydrogen-bond donors (Lipinski definition) is 0. The molecule has 0 aliphatic carbocycles. The monoisotopic (exact) mass is 193 g/mol. The fourth-order valence-electron chi connectivity index (χ4n) is 1.03. The second-order valence-corrected chi connectivity index (χ2v) is 3.68. The van der Waals surface area contributed by atoms with E-state index in [4.69, 9.17) is 0 Å². The second-order valence-electron chi connectivity index (χ2n) is 3.68. The van der Waals surface area contributed by atoms with Crippen molar-refractivity contribution in [3.8, 4) is 0 Å². The van der Waals surface area contributed by atoms with Crippen molar-refractivity contribution in [2.45, 2.75) is 19.8 Å². The van der Waals surface area contributed by atoms with Crippen molar-refractivity contribution in [3.05, 3.63) is 23.8 Å². The standard InChI is InChI=1S/C10H15N3O/c1-7(2)8-5-9(12-6-11-8)10(14)13(3)4/h5-7H,1-4H3. The summed E-state index contributed by atoms with van der Waals surface area (Å²) in [6, 6.07) is 1.74. The fourth-order valence-corrected chi connectivity index (χ4v) is 1.03. The molecule has 0 bridgehead atoms. The quantitative estimate of drug-likeness (QED) is 0.711. The van der Waals surface area contributed by atoms with Crippen LogP contribution in [0.5, 0.6) is 0 Å². The van der Waals surface area contributed by atoms with E-state index in [0.29, 0.717) is 11.6 Å². The number of carbonyl (C=O) groups is 1. The number of carbonyl (C=O) groups excluding carboxylic acids is 1. The highest BCUT2D eigenvalue weighted by molar-refractivity contribution is 5.91. The van der Waals surface area contributed by atoms with E-state index in [9.17, 15) is 4.79 Å². The molecule has 0 spiro atoms. The Kier molecular flexibility index (Phi) is 3.17. The average molecular weight is 193 g/mol. The third kappa shape index (κ3) is 2.28. The Labute approximate surface area is 84.0 Å². The molecule has 4 nitrogen and oxygen atoms in total. The van der Waals surface area contributed by atoms with Gasteiger partial charge in [0.2, 0.25) is 0 Å². The van der Waals surface area contributed by atoms with Crippen LogP contribution in [0.15, 0.2) is 12.4 Å². The molecule has 0 saturated carbocycles. The molecule has 14 heavy (non-hydrogen) atoms. The minimum absolute atomic E-state index is 0.0886. The van der Waals surface area contributed by atoms with Gasteiger partial charge in [-0.3, -0.25) is 4.79 Å². The van der Waals surface area contributed by atoms with E-state index in [1.54, 1.807) is 20.2 Å². The molecule has 1 amide bonds. The van der Waals surface area contributed by atoms with Crippen LogP contribution < -0.4 is 0 Å². The predicted octanol–water partition coefficient (Wildman–Crippen LogP) is 1.30. The molecule has 1 aromatic rings. The maximum Gasteiger partial charge on any atom is 0.272 e. The van der Waals surface area contributed by atoms with E-state index < -0.39 is 0 Å². The molecular weight excluding hydrogens is 178 g/mol. The van der Waals surface area contributed by atoms with Crippen molar-refractivity contribution in [3.63, 3.8) is 0 Å².